The van der Waals surface area contributed by atoms with Crippen LogP contribution in [0, 0.1) is 27.3 Å². The van der Waals surface area contributed by atoms with Crippen molar-refractivity contribution in [1.29, 1.82) is 5.26 Å². The first kappa shape index (κ1) is 15.9. The highest BCUT2D eigenvalue weighted by Crippen LogP contribution is 2.21. The first-order valence-corrected chi connectivity index (χ1v) is 6.43. The molecule has 6 nitrogen and oxygen atoms in total. The minimum atomic E-state index is -0.739. The molecule has 0 fully saturated rings. The lowest BCUT2D eigenvalue weighted by atomic mass is 10.1. The van der Waals surface area contributed by atoms with Crippen molar-refractivity contribution in [3.05, 3.63) is 75.6 Å². The Morgan fingerprint density at radius 1 is 1.22 bits per heavy atom. The summed E-state index contributed by atoms with van der Waals surface area (Å²) in [5.74, 6) is -1.20. The highest BCUT2D eigenvalue weighted by atomic mass is 19.1. The van der Waals surface area contributed by atoms with Crippen LogP contribution >= 0.6 is 0 Å². The maximum atomic E-state index is 12.8. The fourth-order valence-corrected chi connectivity index (χ4v) is 1.81. The number of amides is 1. The van der Waals surface area contributed by atoms with Gasteiger partial charge in [-0.15, -0.1) is 0 Å². The number of nitro benzene ring substituents is 1. The molecular formula is C16H10FN3O3. The predicted molar refractivity (Wildman–Crippen MR) is 81.7 cm³/mol. The monoisotopic (exact) mass is 311 g/mol. The lowest BCUT2D eigenvalue weighted by Crippen LogP contribution is -2.13. The molecule has 2 aromatic carbocycles. The van der Waals surface area contributed by atoms with E-state index >= 15 is 0 Å². The summed E-state index contributed by atoms with van der Waals surface area (Å²) in [5.41, 5.74) is -0.0677. The maximum Gasteiger partial charge on any atom is 0.276 e. The summed E-state index contributed by atoms with van der Waals surface area (Å²) in [7, 11) is 0. The molecule has 1 N–H and O–H groups in total. The molecular weight excluding hydrogens is 301 g/mol. The van der Waals surface area contributed by atoms with Crippen LogP contribution in [0.4, 0.5) is 15.8 Å². The molecule has 2 rings (SSSR count). The molecule has 0 saturated heterocycles. The van der Waals surface area contributed by atoms with Crippen molar-refractivity contribution in [1.82, 2.24) is 0 Å². The third-order valence-corrected chi connectivity index (χ3v) is 2.90. The van der Waals surface area contributed by atoms with Gasteiger partial charge in [-0.25, -0.2) is 4.39 Å². The van der Waals surface area contributed by atoms with Crippen molar-refractivity contribution in [3.63, 3.8) is 0 Å². The number of anilines is 1. The minimum absolute atomic E-state index is 0.142. The second-order valence-corrected chi connectivity index (χ2v) is 4.45. The van der Waals surface area contributed by atoms with Crippen LogP contribution in [0.15, 0.2) is 54.1 Å². The van der Waals surface area contributed by atoms with Crippen LogP contribution in [-0.4, -0.2) is 10.8 Å². The molecule has 0 saturated carbocycles. The average Bonchev–Trinajstić information content (AvgIpc) is 2.54. The third-order valence-electron chi connectivity index (χ3n) is 2.90. The number of hydrogen-bond donors (Lipinski definition) is 1. The lowest BCUT2D eigenvalue weighted by molar-refractivity contribution is -0.385. The van der Waals surface area contributed by atoms with Gasteiger partial charge in [0.2, 0.25) is 0 Å². The summed E-state index contributed by atoms with van der Waals surface area (Å²) in [6.45, 7) is 0. The Hall–Kier alpha value is -3.53. The second kappa shape index (κ2) is 6.95. The number of nitriles is 1. The number of hydrogen-bond acceptors (Lipinski definition) is 4. The molecule has 2 aromatic rings. The largest absolute Gasteiger partial charge is 0.321 e. The Balaban J connectivity index is 2.29. The fourth-order valence-electron chi connectivity index (χ4n) is 1.81. The van der Waals surface area contributed by atoms with E-state index in [0.29, 0.717) is 5.69 Å². The number of nitro groups is 1. The highest BCUT2D eigenvalue weighted by molar-refractivity contribution is 6.09. The molecule has 0 bridgehead atoms. The first-order valence-electron chi connectivity index (χ1n) is 6.43. The fraction of sp³-hybridized carbons (Fsp3) is 0. The van der Waals surface area contributed by atoms with E-state index < -0.39 is 16.6 Å². The Morgan fingerprint density at radius 2 is 1.87 bits per heavy atom. The maximum absolute atomic E-state index is 12.8. The summed E-state index contributed by atoms with van der Waals surface area (Å²) < 4.78 is 12.8. The number of carbonyl (C=O) groups excluding carboxylic acids is 1. The van der Waals surface area contributed by atoms with E-state index in [1.165, 1.54) is 30.3 Å². The average molecular weight is 311 g/mol. The van der Waals surface area contributed by atoms with Crippen molar-refractivity contribution < 1.29 is 14.1 Å². The molecule has 0 aliphatic rings. The van der Waals surface area contributed by atoms with Crippen LogP contribution in [0.2, 0.25) is 0 Å². The lowest BCUT2D eigenvalue weighted by Gasteiger charge is -2.04. The van der Waals surface area contributed by atoms with Gasteiger partial charge in [0.25, 0.3) is 11.6 Å². The molecule has 7 heteroatoms. The Kier molecular flexibility index (Phi) is 4.79. The summed E-state index contributed by atoms with van der Waals surface area (Å²) >= 11 is 0. The number of rotatable bonds is 4. The van der Waals surface area contributed by atoms with E-state index in [0.717, 1.165) is 18.2 Å². The van der Waals surface area contributed by atoms with Gasteiger partial charge in [-0.3, -0.25) is 14.9 Å². The van der Waals surface area contributed by atoms with Crippen LogP contribution in [0.25, 0.3) is 6.08 Å². The Morgan fingerprint density at radius 3 is 2.48 bits per heavy atom. The van der Waals surface area contributed by atoms with Crippen LogP contribution in [0.3, 0.4) is 0 Å². The van der Waals surface area contributed by atoms with Crippen molar-refractivity contribution in [2.45, 2.75) is 0 Å². The molecule has 1 amide bonds. The van der Waals surface area contributed by atoms with Crippen molar-refractivity contribution in [2.75, 3.05) is 5.32 Å². The van der Waals surface area contributed by atoms with Crippen LogP contribution in [0.1, 0.15) is 5.56 Å². The molecule has 0 spiro atoms. The molecule has 0 aromatic heterocycles. The summed E-state index contributed by atoms with van der Waals surface area (Å²) in [6.07, 6.45) is 1.14. The molecule has 114 valence electrons. The van der Waals surface area contributed by atoms with Gasteiger partial charge in [0.15, 0.2) is 0 Å². The molecule has 23 heavy (non-hydrogen) atoms. The zero-order valence-electron chi connectivity index (χ0n) is 11.7. The molecule has 0 aliphatic carbocycles. The molecule has 0 aliphatic heterocycles. The van der Waals surface area contributed by atoms with Gasteiger partial charge in [-0.2, -0.15) is 5.26 Å². The zero-order chi connectivity index (χ0) is 16.8. The van der Waals surface area contributed by atoms with Gasteiger partial charge in [0.1, 0.15) is 17.5 Å². The number of halogens is 1. The number of nitrogens with one attached hydrogen (secondary N) is 1. The van der Waals surface area contributed by atoms with Crippen LogP contribution in [-0.2, 0) is 4.79 Å². The smallest absolute Gasteiger partial charge is 0.276 e. The topological polar surface area (TPSA) is 96.0 Å². The summed E-state index contributed by atoms with van der Waals surface area (Å²) in [6, 6.07) is 12.5. The van der Waals surface area contributed by atoms with Gasteiger partial charge in [-0.05, 0) is 36.4 Å². The Labute approximate surface area is 130 Å². The normalized spacial score (nSPS) is 10.7. The van der Waals surface area contributed by atoms with Crippen molar-refractivity contribution in [3.8, 4) is 6.07 Å². The zero-order valence-corrected chi connectivity index (χ0v) is 11.7. The summed E-state index contributed by atoms with van der Waals surface area (Å²) in [4.78, 5) is 22.4. The van der Waals surface area contributed by atoms with E-state index in [2.05, 4.69) is 5.32 Å². The molecule has 0 atom stereocenters. The van der Waals surface area contributed by atoms with Crippen molar-refractivity contribution >= 4 is 23.4 Å². The van der Waals surface area contributed by atoms with E-state index in [1.807, 2.05) is 0 Å². The van der Waals surface area contributed by atoms with Gasteiger partial charge < -0.3 is 5.32 Å². The van der Waals surface area contributed by atoms with Crippen molar-refractivity contribution in [2.24, 2.45) is 0 Å². The van der Waals surface area contributed by atoms with Gasteiger partial charge in [0.05, 0.1) is 10.5 Å². The number of benzene rings is 2. The minimum Gasteiger partial charge on any atom is -0.321 e. The van der Waals surface area contributed by atoms with Gasteiger partial charge in [-0.1, -0.05) is 12.1 Å². The molecule has 0 unspecified atom stereocenters. The van der Waals surface area contributed by atoms with Crippen LogP contribution in [0.5, 0.6) is 0 Å². The predicted octanol–water partition coefficient (Wildman–Crippen LogP) is 3.28. The second-order valence-electron chi connectivity index (χ2n) is 4.45. The van der Waals surface area contributed by atoms with Gasteiger partial charge in [0, 0.05) is 11.8 Å². The van der Waals surface area contributed by atoms with E-state index in [-0.39, 0.29) is 16.8 Å². The molecule has 0 heterocycles. The third kappa shape index (κ3) is 3.98. The SMILES string of the molecule is N#C/C(=C\c1ccccc1[N+](=O)[O-])C(=O)Nc1ccc(F)cc1. The first-order chi connectivity index (χ1) is 11.0. The summed E-state index contributed by atoms with van der Waals surface area (Å²) in [5, 5.41) is 22.5. The van der Waals surface area contributed by atoms with E-state index in [1.54, 1.807) is 12.1 Å². The number of carbonyl (C=O) groups is 1. The van der Waals surface area contributed by atoms with E-state index in [9.17, 15) is 19.3 Å². The number of para-hydroxylation sites is 1. The standard InChI is InChI=1S/C16H10FN3O3/c17-13-5-7-14(8-6-13)19-16(21)12(10-18)9-11-3-1-2-4-15(11)20(22)23/h1-9H,(H,19,21)/b12-9+. The van der Waals surface area contributed by atoms with Gasteiger partial charge >= 0.3 is 0 Å². The Bertz CT molecular complexity index is 823. The number of nitrogens with zero attached hydrogens (tertiary/aromatic N) is 2. The van der Waals surface area contributed by atoms with E-state index in [4.69, 9.17) is 5.26 Å². The molecule has 0 radical (unpaired) electrons. The highest BCUT2D eigenvalue weighted by Gasteiger charge is 2.15. The quantitative estimate of drug-likeness (QED) is 0.405. The van der Waals surface area contributed by atoms with Crippen LogP contribution < -0.4 is 5.32 Å².